The van der Waals surface area contributed by atoms with Gasteiger partial charge in [0.1, 0.15) is 17.7 Å². The van der Waals surface area contributed by atoms with Gasteiger partial charge in [0.2, 0.25) is 5.17 Å². The zero-order chi connectivity index (χ0) is 19.1. The summed E-state index contributed by atoms with van der Waals surface area (Å²) in [5.74, 6) is -0.619. The van der Waals surface area contributed by atoms with Gasteiger partial charge in [-0.2, -0.15) is 9.39 Å². The van der Waals surface area contributed by atoms with E-state index in [2.05, 4.69) is 9.39 Å². The van der Waals surface area contributed by atoms with Crippen molar-refractivity contribution in [1.82, 2.24) is 4.90 Å². The molecule has 0 saturated heterocycles. The van der Waals surface area contributed by atoms with Gasteiger partial charge in [-0.15, -0.1) is 0 Å². The van der Waals surface area contributed by atoms with E-state index < -0.39 is 5.91 Å². The van der Waals surface area contributed by atoms with E-state index in [9.17, 15) is 9.59 Å². The average molecular weight is 398 g/mol. The van der Waals surface area contributed by atoms with Gasteiger partial charge in [-0.05, 0) is 18.2 Å². The Morgan fingerprint density at radius 3 is 2.85 bits per heavy atom. The molecule has 0 atom stereocenters. The number of aliphatic imine (C=N–C) groups is 1. The predicted octanol–water partition coefficient (Wildman–Crippen LogP) is 3.51. The Labute approximate surface area is 162 Å². The highest BCUT2D eigenvalue weighted by Crippen LogP contribution is 2.33. The molecular formula is C18H14N4O3S2. The van der Waals surface area contributed by atoms with Crippen LogP contribution in [0.3, 0.4) is 0 Å². The fraction of sp³-hybridized carbons (Fsp3) is 0.167. The topological polar surface area (TPSA) is 99.1 Å². The van der Waals surface area contributed by atoms with Crippen molar-refractivity contribution >= 4 is 62.8 Å². The smallest absolute Gasteiger partial charge is 0.283 e. The van der Waals surface area contributed by atoms with Crippen LogP contribution in [0.25, 0.3) is 17.0 Å². The van der Waals surface area contributed by atoms with Crippen LogP contribution in [0.15, 0.2) is 54.7 Å². The number of hydrogen-bond acceptors (Lipinski definition) is 7. The van der Waals surface area contributed by atoms with Gasteiger partial charge in [-0.3, -0.25) is 15.0 Å². The first-order chi connectivity index (χ1) is 13.0. The van der Waals surface area contributed by atoms with Crippen molar-refractivity contribution in [3.8, 4) is 0 Å². The van der Waals surface area contributed by atoms with E-state index in [1.165, 1.54) is 29.0 Å². The van der Waals surface area contributed by atoms with Crippen molar-refractivity contribution in [3.63, 3.8) is 0 Å². The Bertz CT molecular complexity index is 1130. The van der Waals surface area contributed by atoms with Crippen LogP contribution in [-0.4, -0.2) is 32.2 Å². The van der Waals surface area contributed by atoms with Crippen LogP contribution < -0.4 is 5.43 Å². The Balaban J connectivity index is 1.77. The molecule has 1 aromatic heterocycles. The maximum atomic E-state index is 12.7. The number of nitrogens with zero attached hydrogens (tertiary/aromatic N) is 3. The SMILES string of the molecule is CC(C)SC1=NSC2=NC(=O)/C(=C\c3coc4ccccc4c3=O)C(=N)N21. The minimum absolute atomic E-state index is 0.0286. The van der Waals surface area contributed by atoms with E-state index in [1.807, 2.05) is 13.8 Å². The van der Waals surface area contributed by atoms with Crippen LogP contribution in [0.1, 0.15) is 19.4 Å². The number of carbonyl (C=O) groups excluding carboxylic acids is 1. The minimum atomic E-state index is -0.572. The highest BCUT2D eigenvalue weighted by molar-refractivity contribution is 8.19. The van der Waals surface area contributed by atoms with E-state index in [1.54, 1.807) is 24.3 Å². The molecule has 2 aliphatic heterocycles. The van der Waals surface area contributed by atoms with E-state index in [0.29, 0.717) is 21.3 Å². The maximum absolute atomic E-state index is 12.7. The number of carbonyl (C=O) groups is 1. The van der Waals surface area contributed by atoms with E-state index in [4.69, 9.17) is 9.83 Å². The Morgan fingerprint density at radius 1 is 1.30 bits per heavy atom. The summed E-state index contributed by atoms with van der Waals surface area (Å²) in [4.78, 5) is 30.7. The molecular weight excluding hydrogens is 384 g/mol. The molecule has 9 heteroatoms. The fourth-order valence-electron chi connectivity index (χ4n) is 2.64. The molecule has 136 valence electrons. The molecule has 0 radical (unpaired) electrons. The molecule has 0 spiro atoms. The minimum Gasteiger partial charge on any atom is -0.463 e. The van der Waals surface area contributed by atoms with Crippen LogP contribution in [0.5, 0.6) is 0 Å². The highest BCUT2D eigenvalue weighted by Gasteiger charge is 2.37. The summed E-state index contributed by atoms with van der Waals surface area (Å²) < 4.78 is 9.78. The summed E-state index contributed by atoms with van der Waals surface area (Å²) in [6, 6.07) is 6.88. The summed E-state index contributed by atoms with van der Waals surface area (Å²) in [6.45, 7) is 4.03. The van der Waals surface area contributed by atoms with Gasteiger partial charge < -0.3 is 4.42 Å². The molecule has 0 saturated carbocycles. The number of thioether (sulfide) groups is 1. The standard InChI is InChI=1S/C18H14N4O3S2/c1-9(2)26-18-21-27-17-20-16(24)12(15(19)22(17)18)7-10-8-25-13-6-4-3-5-11(13)14(10)23/h3-9,19H,1-2H3/b12-7-,19-15?. The van der Waals surface area contributed by atoms with Gasteiger partial charge in [0.05, 0.1) is 28.5 Å². The van der Waals surface area contributed by atoms with Crippen LogP contribution in [0.4, 0.5) is 0 Å². The zero-order valence-corrected chi connectivity index (χ0v) is 16.1. The average Bonchev–Trinajstić information content (AvgIpc) is 3.02. The van der Waals surface area contributed by atoms with E-state index >= 15 is 0 Å². The summed E-state index contributed by atoms with van der Waals surface area (Å²) in [5.41, 5.74) is 0.429. The molecule has 7 nitrogen and oxygen atoms in total. The third-order valence-electron chi connectivity index (χ3n) is 3.84. The number of benzene rings is 1. The number of fused-ring (bicyclic) bond motifs is 2. The van der Waals surface area contributed by atoms with Crippen molar-refractivity contribution in [2.45, 2.75) is 19.1 Å². The lowest BCUT2D eigenvalue weighted by Gasteiger charge is -2.24. The molecule has 1 amide bonds. The predicted molar refractivity (Wildman–Crippen MR) is 110 cm³/mol. The maximum Gasteiger partial charge on any atom is 0.283 e. The van der Waals surface area contributed by atoms with Gasteiger partial charge >= 0.3 is 0 Å². The number of amidine groups is 3. The Morgan fingerprint density at radius 2 is 2.07 bits per heavy atom. The third kappa shape index (κ3) is 3.13. The number of rotatable bonds is 2. The summed E-state index contributed by atoms with van der Waals surface area (Å²) in [5, 5.41) is 10.1. The second kappa shape index (κ2) is 6.82. The quantitative estimate of drug-likeness (QED) is 0.614. The molecule has 0 aliphatic carbocycles. The summed E-state index contributed by atoms with van der Waals surface area (Å²) in [7, 11) is 0. The van der Waals surface area contributed by atoms with E-state index in [-0.39, 0.29) is 27.7 Å². The monoisotopic (exact) mass is 398 g/mol. The van der Waals surface area contributed by atoms with Crippen molar-refractivity contribution in [3.05, 3.63) is 51.9 Å². The van der Waals surface area contributed by atoms with E-state index in [0.717, 1.165) is 11.9 Å². The zero-order valence-electron chi connectivity index (χ0n) is 14.4. The first-order valence-corrected chi connectivity index (χ1v) is 9.77. The molecule has 1 aromatic carbocycles. The lowest BCUT2D eigenvalue weighted by molar-refractivity contribution is -0.114. The second-order valence-corrected chi connectivity index (χ2v) is 8.36. The van der Waals surface area contributed by atoms with Crippen LogP contribution in [0, 0.1) is 5.41 Å². The normalized spacial score (nSPS) is 18.3. The lowest BCUT2D eigenvalue weighted by Crippen LogP contribution is -2.42. The molecule has 2 aromatic rings. The lowest BCUT2D eigenvalue weighted by atomic mass is 10.1. The van der Waals surface area contributed by atoms with Crippen LogP contribution in [0.2, 0.25) is 0 Å². The summed E-state index contributed by atoms with van der Waals surface area (Å²) in [6.07, 6.45) is 2.66. The molecule has 1 N–H and O–H groups in total. The number of amides is 1. The number of para-hydroxylation sites is 1. The van der Waals surface area contributed by atoms with Gasteiger partial charge in [0.15, 0.2) is 10.6 Å². The van der Waals surface area contributed by atoms with Gasteiger partial charge in [0, 0.05) is 5.25 Å². The molecule has 0 fully saturated rings. The molecule has 0 unspecified atom stereocenters. The number of nitrogens with one attached hydrogen (secondary N) is 1. The Kier molecular flexibility index (Phi) is 4.48. The van der Waals surface area contributed by atoms with Crippen molar-refractivity contribution in [1.29, 1.82) is 5.41 Å². The van der Waals surface area contributed by atoms with Gasteiger partial charge in [-0.1, -0.05) is 37.7 Å². The highest BCUT2D eigenvalue weighted by atomic mass is 32.2. The largest absolute Gasteiger partial charge is 0.463 e. The van der Waals surface area contributed by atoms with Gasteiger partial charge in [-0.25, -0.2) is 4.90 Å². The van der Waals surface area contributed by atoms with Crippen molar-refractivity contribution in [2.75, 3.05) is 0 Å². The molecule has 0 bridgehead atoms. The fourth-order valence-corrected chi connectivity index (χ4v) is 4.31. The summed E-state index contributed by atoms with van der Waals surface area (Å²) >= 11 is 2.55. The first-order valence-electron chi connectivity index (χ1n) is 8.11. The third-order valence-corrected chi connectivity index (χ3v) is 5.62. The number of hydrogen-bond donors (Lipinski definition) is 1. The van der Waals surface area contributed by atoms with Crippen LogP contribution >= 0.6 is 23.7 Å². The Hall–Kier alpha value is -2.65. The molecule has 4 rings (SSSR count). The molecule has 3 heterocycles. The molecule has 2 aliphatic rings. The second-order valence-electron chi connectivity index (χ2n) is 6.09. The van der Waals surface area contributed by atoms with Crippen molar-refractivity contribution < 1.29 is 9.21 Å². The first kappa shape index (κ1) is 17.7. The van der Waals surface area contributed by atoms with Crippen LogP contribution in [-0.2, 0) is 4.79 Å². The van der Waals surface area contributed by atoms with Crippen molar-refractivity contribution in [2.24, 2.45) is 9.39 Å². The van der Waals surface area contributed by atoms with Gasteiger partial charge in [0.25, 0.3) is 5.91 Å². The molecule has 27 heavy (non-hydrogen) atoms.